The van der Waals surface area contributed by atoms with E-state index in [9.17, 15) is 18.8 Å². The van der Waals surface area contributed by atoms with Crippen LogP contribution in [0.1, 0.15) is 12.0 Å². The third-order valence-corrected chi connectivity index (χ3v) is 5.65. The van der Waals surface area contributed by atoms with Crippen LogP contribution >= 0.6 is 11.6 Å². The molecule has 1 atom stereocenters. The number of ether oxygens (including phenoxy) is 1. The van der Waals surface area contributed by atoms with E-state index in [1.54, 1.807) is 48.5 Å². The van der Waals surface area contributed by atoms with Crippen LogP contribution < -0.4 is 15.0 Å². The van der Waals surface area contributed by atoms with E-state index < -0.39 is 29.7 Å². The highest BCUT2D eigenvalue weighted by Crippen LogP contribution is 2.29. The van der Waals surface area contributed by atoms with Gasteiger partial charge in [0.25, 0.3) is 5.91 Å². The zero-order chi connectivity index (χ0) is 24.2. The van der Waals surface area contributed by atoms with Gasteiger partial charge in [0, 0.05) is 17.3 Å². The van der Waals surface area contributed by atoms with Gasteiger partial charge in [-0.25, -0.2) is 14.1 Å². The molecule has 0 aliphatic carbocycles. The number of hydrogen-bond donors (Lipinski definition) is 1. The monoisotopic (exact) mass is 481 g/mol. The summed E-state index contributed by atoms with van der Waals surface area (Å²) in [7, 11) is 1.53. The number of halogens is 2. The predicted octanol–water partition coefficient (Wildman–Crippen LogP) is 4.85. The minimum atomic E-state index is -1.05. The number of anilines is 2. The molecule has 1 aliphatic heterocycles. The maximum Gasteiger partial charge on any atom is 0.332 e. The van der Waals surface area contributed by atoms with Gasteiger partial charge in [-0.1, -0.05) is 23.7 Å². The first kappa shape index (κ1) is 23.3. The van der Waals surface area contributed by atoms with Gasteiger partial charge in [0.2, 0.25) is 5.91 Å². The van der Waals surface area contributed by atoms with Gasteiger partial charge < -0.3 is 15.0 Å². The summed E-state index contributed by atoms with van der Waals surface area (Å²) in [5.41, 5.74) is 1.47. The molecule has 1 fully saturated rings. The van der Waals surface area contributed by atoms with Crippen molar-refractivity contribution in [2.45, 2.75) is 19.0 Å². The van der Waals surface area contributed by atoms with Crippen LogP contribution in [0.5, 0.6) is 5.75 Å². The van der Waals surface area contributed by atoms with E-state index in [1.807, 2.05) is 0 Å². The SMILES string of the molecule is COc1cccc(CN2C(=O)N(c3ccc(F)cc3)C(=O)[C@@H]2CC(=O)Nc2ccc(Cl)cc2)c1. The van der Waals surface area contributed by atoms with E-state index in [0.29, 0.717) is 16.5 Å². The van der Waals surface area contributed by atoms with E-state index in [4.69, 9.17) is 16.3 Å². The number of carbonyl (C=O) groups is 3. The third kappa shape index (κ3) is 5.02. The molecule has 0 unspecified atom stereocenters. The van der Waals surface area contributed by atoms with Gasteiger partial charge in [-0.3, -0.25) is 9.59 Å². The lowest BCUT2D eigenvalue weighted by atomic mass is 10.1. The van der Waals surface area contributed by atoms with Crippen molar-refractivity contribution in [2.24, 2.45) is 0 Å². The lowest BCUT2D eigenvalue weighted by molar-refractivity contribution is -0.124. The normalized spacial score (nSPS) is 15.6. The van der Waals surface area contributed by atoms with Crippen LogP contribution in [0, 0.1) is 5.82 Å². The zero-order valence-corrected chi connectivity index (χ0v) is 19.0. The highest BCUT2D eigenvalue weighted by atomic mass is 35.5. The molecule has 1 aliphatic rings. The largest absolute Gasteiger partial charge is 0.497 e. The van der Waals surface area contributed by atoms with Crippen LogP contribution in [0.2, 0.25) is 5.02 Å². The Labute approximate surface area is 200 Å². The fraction of sp³-hybridized carbons (Fsp3) is 0.160. The second kappa shape index (κ2) is 9.93. The topological polar surface area (TPSA) is 79.0 Å². The molecule has 1 heterocycles. The van der Waals surface area contributed by atoms with E-state index in [-0.39, 0.29) is 18.7 Å². The van der Waals surface area contributed by atoms with Crippen molar-refractivity contribution in [3.8, 4) is 5.75 Å². The highest BCUT2D eigenvalue weighted by molar-refractivity contribution is 6.30. The van der Waals surface area contributed by atoms with Gasteiger partial charge in [0.05, 0.1) is 19.2 Å². The number of methoxy groups -OCH3 is 1. The summed E-state index contributed by atoms with van der Waals surface area (Å²) in [5, 5.41) is 3.24. The first-order chi connectivity index (χ1) is 16.4. The Balaban J connectivity index is 1.61. The number of rotatable bonds is 7. The van der Waals surface area contributed by atoms with Crippen LogP contribution in [0.15, 0.2) is 72.8 Å². The summed E-state index contributed by atoms with van der Waals surface area (Å²) in [5.74, 6) is -0.895. The molecule has 34 heavy (non-hydrogen) atoms. The van der Waals surface area contributed by atoms with Crippen molar-refractivity contribution in [1.29, 1.82) is 0 Å². The van der Waals surface area contributed by atoms with Crippen molar-refractivity contribution in [3.05, 3.63) is 89.2 Å². The Morgan fingerprint density at radius 3 is 2.44 bits per heavy atom. The minimum Gasteiger partial charge on any atom is -0.497 e. The van der Waals surface area contributed by atoms with Crippen molar-refractivity contribution in [2.75, 3.05) is 17.3 Å². The van der Waals surface area contributed by atoms with Crippen molar-refractivity contribution < 1.29 is 23.5 Å². The first-order valence-corrected chi connectivity index (χ1v) is 10.8. The Morgan fingerprint density at radius 2 is 1.76 bits per heavy atom. The van der Waals surface area contributed by atoms with Gasteiger partial charge in [-0.15, -0.1) is 0 Å². The first-order valence-electron chi connectivity index (χ1n) is 10.4. The molecule has 0 spiro atoms. The molecule has 1 N–H and O–H groups in total. The number of imide groups is 1. The molecule has 1 saturated heterocycles. The molecule has 0 radical (unpaired) electrons. The highest BCUT2D eigenvalue weighted by Gasteiger charge is 2.46. The van der Waals surface area contributed by atoms with E-state index in [2.05, 4.69) is 5.32 Å². The molecular formula is C25H21ClFN3O4. The molecule has 9 heteroatoms. The number of nitrogens with zero attached hydrogens (tertiary/aromatic N) is 2. The molecule has 7 nitrogen and oxygen atoms in total. The number of benzene rings is 3. The third-order valence-electron chi connectivity index (χ3n) is 5.40. The summed E-state index contributed by atoms with van der Waals surface area (Å²) < 4.78 is 18.7. The molecule has 4 rings (SSSR count). The summed E-state index contributed by atoms with van der Waals surface area (Å²) in [6.45, 7) is 0.0817. The standard InChI is InChI=1S/C25H21ClFN3O4/c1-34-21-4-2-3-16(13-21)15-29-22(14-23(31)28-19-9-5-17(26)6-10-19)24(32)30(25(29)33)20-11-7-18(27)8-12-20/h2-13,22H,14-15H2,1H3,(H,28,31)/t22-/m0/s1. The van der Waals surface area contributed by atoms with Crippen LogP contribution in [0.25, 0.3) is 0 Å². The summed E-state index contributed by atoms with van der Waals surface area (Å²) >= 11 is 5.88. The van der Waals surface area contributed by atoms with Gasteiger partial charge in [0.1, 0.15) is 17.6 Å². The van der Waals surface area contributed by atoms with E-state index in [0.717, 1.165) is 10.5 Å². The molecular weight excluding hydrogens is 461 g/mol. The Kier molecular flexibility index (Phi) is 6.79. The summed E-state index contributed by atoms with van der Waals surface area (Å²) in [6, 6.07) is 17.0. The fourth-order valence-corrected chi connectivity index (χ4v) is 3.86. The fourth-order valence-electron chi connectivity index (χ4n) is 3.73. The van der Waals surface area contributed by atoms with E-state index in [1.165, 1.54) is 36.3 Å². The number of hydrogen-bond acceptors (Lipinski definition) is 4. The lowest BCUT2D eigenvalue weighted by Crippen LogP contribution is -2.37. The molecule has 4 amide bonds. The van der Waals surface area contributed by atoms with Crippen LogP contribution in [-0.4, -0.2) is 35.9 Å². The predicted molar refractivity (Wildman–Crippen MR) is 126 cm³/mol. The lowest BCUT2D eigenvalue weighted by Gasteiger charge is -2.22. The van der Waals surface area contributed by atoms with Gasteiger partial charge >= 0.3 is 6.03 Å². The zero-order valence-electron chi connectivity index (χ0n) is 18.2. The number of nitrogens with one attached hydrogen (secondary N) is 1. The Morgan fingerprint density at radius 1 is 1.06 bits per heavy atom. The molecule has 0 aromatic heterocycles. The van der Waals surface area contributed by atoms with Crippen LogP contribution in [-0.2, 0) is 16.1 Å². The molecule has 3 aromatic rings. The van der Waals surface area contributed by atoms with Crippen molar-refractivity contribution >= 4 is 40.8 Å². The molecule has 3 aromatic carbocycles. The number of carbonyl (C=O) groups excluding carboxylic acids is 3. The maximum absolute atomic E-state index is 13.4. The van der Waals surface area contributed by atoms with Gasteiger partial charge in [0.15, 0.2) is 0 Å². The summed E-state index contributed by atoms with van der Waals surface area (Å²) in [6.07, 6.45) is -0.255. The minimum absolute atomic E-state index is 0.0817. The number of urea groups is 1. The summed E-state index contributed by atoms with van der Waals surface area (Å²) in [4.78, 5) is 41.7. The van der Waals surface area contributed by atoms with Crippen LogP contribution in [0.3, 0.4) is 0 Å². The molecule has 174 valence electrons. The molecule has 0 bridgehead atoms. The average molecular weight is 482 g/mol. The van der Waals surface area contributed by atoms with Crippen molar-refractivity contribution in [3.63, 3.8) is 0 Å². The number of amides is 4. The maximum atomic E-state index is 13.4. The average Bonchev–Trinajstić information content (AvgIpc) is 3.05. The van der Waals surface area contributed by atoms with Crippen LogP contribution in [0.4, 0.5) is 20.6 Å². The van der Waals surface area contributed by atoms with Gasteiger partial charge in [-0.2, -0.15) is 0 Å². The second-order valence-corrected chi connectivity index (χ2v) is 8.12. The molecule has 0 saturated carbocycles. The Hall–Kier alpha value is -3.91. The van der Waals surface area contributed by atoms with E-state index >= 15 is 0 Å². The second-order valence-electron chi connectivity index (χ2n) is 7.69. The van der Waals surface area contributed by atoms with Gasteiger partial charge in [-0.05, 0) is 66.2 Å². The smallest absolute Gasteiger partial charge is 0.332 e. The van der Waals surface area contributed by atoms with Crippen molar-refractivity contribution in [1.82, 2.24) is 4.90 Å². The Bertz CT molecular complexity index is 1220. The quantitative estimate of drug-likeness (QED) is 0.489.